The number of phenols is 19. The lowest BCUT2D eigenvalue weighted by Gasteiger charge is -2.43. The largest absolute Gasteiger partial charge is 0.504 e. The number of cyclic esters (lactones) is 3. The molecular weight excluding hydrogens is 1190 g/mol. The first kappa shape index (κ1) is 55.6. The van der Waals surface area contributed by atoms with Crippen molar-refractivity contribution in [1.82, 2.24) is 0 Å². The number of hydrogen-bond donors (Lipinski definition) is 19. The minimum atomic E-state index is -3.17. The normalized spacial score (nSPS) is 18.2. The maximum absolute atomic E-state index is 15.3. The molecule has 19 N–H and O–H groups in total. The molecule has 5 atom stereocenters. The quantitative estimate of drug-likeness (QED) is 0.0396. The van der Waals surface area contributed by atoms with Crippen LogP contribution in [0.2, 0.25) is 0 Å². The average molecular weight is 1220 g/mol. The van der Waals surface area contributed by atoms with Gasteiger partial charge in [0.15, 0.2) is 110 Å². The number of hydrogen-bond acceptors (Lipinski definition) is 33. The maximum Gasteiger partial charge on any atom is 0.344 e. The number of fused-ring (bicyclic) bond motifs is 7. The van der Waals surface area contributed by atoms with Crippen molar-refractivity contribution < 1.29 is 154 Å². The fourth-order valence-corrected chi connectivity index (χ4v) is 11.1. The zero-order valence-electron chi connectivity index (χ0n) is 42.8. The Morgan fingerprint density at radius 1 is 0.375 bits per heavy atom. The summed E-state index contributed by atoms with van der Waals surface area (Å²) >= 11 is 0. The summed E-state index contributed by atoms with van der Waals surface area (Å²) in [7, 11) is 0. The van der Waals surface area contributed by atoms with E-state index >= 15 is 14.4 Å². The Morgan fingerprint density at radius 2 is 0.818 bits per heavy atom. The molecule has 3 aliphatic rings. The number of carbonyl (C=O) groups excluding carboxylic acids is 5. The minimum Gasteiger partial charge on any atom is -0.504 e. The van der Waals surface area contributed by atoms with E-state index < -0.39 is 281 Å². The molecule has 0 fully saturated rings. The topological polar surface area (TPSA) is 576 Å². The van der Waals surface area contributed by atoms with Gasteiger partial charge in [-0.05, 0) is 36.4 Å². The highest BCUT2D eigenvalue weighted by atomic mass is 16.6. The highest BCUT2D eigenvalue weighted by molar-refractivity contribution is 6.23. The SMILES string of the molecule is O=C(O[C@@H]1COC(=O)c2cc(O)c(O)c(O)c2-c2c(cc(O)c(O)c2O)C(=O)O[C@H]1[C@@H]1OC(=O)c2cc(O)c(O)c(O)c2-c2c(O)c(O)c(O)c3c2C(=O)O[C@H]1[C@H]3c1c(O)c(O)c2oc(=O)c3cc(O)c(O)c4oc(=O)c1c2c43)c1cc(O)c(O)c(O)c1. The van der Waals surface area contributed by atoms with E-state index in [0.29, 0.717) is 24.3 Å². The van der Waals surface area contributed by atoms with Gasteiger partial charge in [-0.25, -0.2) is 33.6 Å². The molecule has 0 saturated heterocycles. The van der Waals surface area contributed by atoms with Crippen LogP contribution in [0.5, 0.6) is 109 Å². The van der Waals surface area contributed by atoms with Crippen molar-refractivity contribution >= 4 is 62.6 Å². The van der Waals surface area contributed by atoms with Crippen LogP contribution in [0, 0.1) is 0 Å². The van der Waals surface area contributed by atoms with Gasteiger partial charge in [-0.1, -0.05) is 0 Å². The molecule has 9 aromatic rings. The van der Waals surface area contributed by atoms with Gasteiger partial charge in [-0.3, -0.25) is 0 Å². The molecule has 0 unspecified atom stereocenters. The summed E-state index contributed by atoms with van der Waals surface area (Å²) in [6.45, 7) is -1.71. The fraction of sp³-hybridized carbons (Fsp3) is 0.109. The van der Waals surface area contributed by atoms with E-state index in [1.807, 2.05) is 0 Å². The summed E-state index contributed by atoms with van der Waals surface area (Å²) in [5.74, 6) is -41.1. The van der Waals surface area contributed by atoms with Crippen molar-refractivity contribution in [3.63, 3.8) is 0 Å². The number of rotatable bonds is 4. The zero-order chi connectivity index (χ0) is 63.6. The van der Waals surface area contributed by atoms with Crippen LogP contribution < -0.4 is 11.3 Å². The van der Waals surface area contributed by atoms with Crippen molar-refractivity contribution in [2.45, 2.75) is 30.3 Å². The predicted molar refractivity (Wildman–Crippen MR) is 278 cm³/mol. The molecule has 33 heteroatoms. The van der Waals surface area contributed by atoms with Crippen LogP contribution in [-0.2, 0) is 23.7 Å². The second-order valence-corrected chi connectivity index (χ2v) is 19.7. The van der Waals surface area contributed by atoms with Gasteiger partial charge in [0, 0.05) is 44.2 Å². The number of esters is 5. The Morgan fingerprint density at radius 3 is 1.38 bits per heavy atom. The van der Waals surface area contributed by atoms with Gasteiger partial charge in [-0.15, -0.1) is 0 Å². The van der Waals surface area contributed by atoms with E-state index in [1.165, 1.54) is 0 Å². The zero-order valence-corrected chi connectivity index (χ0v) is 42.8. The molecule has 0 amide bonds. The first-order valence-corrected chi connectivity index (χ1v) is 24.5. The summed E-state index contributed by atoms with van der Waals surface area (Å²) in [5.41, 5.74) is -19.5. The molecule has 5 heterocycles. The molecule has 2 aromatic heterocycles. The van der Waals surface area contributed by atoms with E-state index in [1.54, 1.807) is 0 Å². The Hall–Kier alpha value is -13.0. The minimum absolute atomic E-state index is 0.242. The van der Waals surface area contributed by atoms with Gasteiger partial charge >= 0.3 is 41.1 Å². The lowest BCUT2D eigenvalue weighted by Crippen LogP contribution is -2.56. The maximum atomic E-state index is 15.3. The van der Waals surface area contributed by atoms with Crippen LogP contribution in [0.4, 0.5) is 0 Å². The lowest BCUT2D eigenvalue weighted by atomic mass is 9.73. The third kappa shape index (κ3) is 7.55. The van der Waals surface area contributed by atoms with Crippen molar-refractivity contribution in [1.29, 1.82) is 0 Å². The number of benzene rings is 7. The van der Waals surface area contributed by atoms with E-state index in [2.05, 4.69) is 0 Å². The van der Waals surface area contributed by atoms with Crippen molar-refractivity contribution in [3.8, 4) is 131 Å². The second kappa shape index (κ2) is 18.8. The number of phenolic OH excluding ortho intramolecular Hbond substituents is 19. The molecule has 0 saturated carbocycles. The Labute approximate surface area is 479 Å². The molecular formula is C55H32O33. The lowest BCUT2D eigenvalue weighted by molar-refractivity contribution is -0.135. The number of carbonyl (C=O) groups is 5. The molecule has 0 radical (unpaired) electrons. The number of ether oxygens (including phenoxy) is 5. The molecule has 3 aliphatic heterocycles. The van der Waals surface area contributed by atoms with E-state index in [4.69, 9.17) is 32.5 Å². The standard InChI is InChI=1S/C55H32O33/c56-13-1-8(2-14(57)31(13)62)49(75)83-19-7-82-50(76)9-3-15(58)32(63)36(67)20(9)21-10(4-16(59)33(64)37(21)68)51(77)84-44(19)48-47-28(26-30-27-23-12(53(79)85-46(27)43(74)41(26)72)6-18(61)35(66)45(23)86-55(30)81)25-29(54(80)87-47)24(39(70)42(73)40(25)71)22-11(52(78)88-48)5-17(60)34(65)38(22)69/h1-6,19,28,44,47-48,56-74H,7H2/t19-,28-,44-,47+,48+/m1/s1. The highest BCUT2D eigenvalue weighted by Gasteiger charge is 2.56. The summed E-state index contributed by atoms with van der Waals surface area (Å²) in [6, 6.07) is 2.32. The second-order valence-electron chi connectivity index (χ2n) is 19.7. The van der Waals surface area contributed by atoms with Gasteiger partial charge in [0.1, 0.15) is 6.61 Å². The van der Waals surface area contributed by atoms with Crippen LogP contribution in [-0.4, -0.2) is 158 Å². The molecule has 12 rings (SSSR count). The average Bonchev–Trinajstić information content (AvgIpc) is 0.719. The van der Waals surface area contributed by atoms with Crippen molar-refractivity contribution in [2.75, 3.05) is 6.61 Å². The highest BCUT2D eigenvalue weighted by Crippen LogP contribution is 2.62. The molecule has 0 spiro atoms. The molecule has 88 heavy (non-hydrogen) atoms. The first-order chi connectivity index (χ1) is 41.5. The van der Waals surface area contributed by atoms with E-state index in [9.17, 15) is 116 Å². The first-order valence-electron chi connectivity index (χ1n) is 24.5. The monoisotopic (exact) mass is 1220 g/mol. The summed E-state index contributed by atoms with van der Waals surface area (Å²) in [5, 5.41) is 209. The smallest absolute Gasteiger partial charge is 0.344 e. The van der Waals surface area contributed by atoms with Gasteiger partial charge in [-0.2, -0.15) is 0 Å². The van der Waals surface area contributed by atoms with Crippen LogP contribution in [0.3, 0.4) is 0 Å². The van der Waals surface area contributed by atoms with Gasteiger partial charge < -0.3 is 130 Å². The Kier molecular flexibility index (Phi) is 11.9. The van der Waals surface area contributed by atoms with Gasteiger partial charge in [0.2, 0.25) is 34.5 Å². The summed E-state index contributed by atoms with van der Waals surface area (Å²) < 4.78 is 39.7. The van der Waals surface area contributed by atoms with Crippen LogP contribution >= 0.6 is 0 Å². The predicted octanol–water partition coefficient (Wildman–Crippen LogP) is 3.06. The molecule has 450 valence electrons. The van der Waals surface area contributed by atoms with Crippen LogP contribution in [0.25, 0.3) is 55.0 Å². The third-order valence-corrected chi connectivity index (χ3v) is 15.0. The number of aromatic hydroxyl groups is 19. The molecule has 33 nitrogen and oxygen atoms in total. The van der Waals surface area contributed by atoms with Crippen molar-refractivity contribution in [2.24, 2.45) is 0 Å². The van der Waals surface area contributed by atoms with Gasteiger partial charge in [0.05, 0.1) is 44.5 Å². The molecule has 0 aliphatic carbocycles. The summed E-state index contributed by atoms with van der Waals surface area (Å²) in [6.07, 6.45) is -12.2. The van der Waals surface area contributed by atoms with Crippen LogP contribution in [0.1, 0.15) is 68.8 Å². The molecule has 2 bridgehead atoms. The van der Waals surface area contributed by atoms with Crippen LogP contribution in [0.15, 0.2) is 54.8 Å². The third-order valence-electron chi connectivity index (χ3n) is 15.0. The Balaban J connectivity index is 1.23. The van der Waals surface area contributed by atoms with E-state index in [-0.39, 0.29) is 12.1 Å². The summed E-state index contributed by atoms with van der Waals surface area (Å²) in [4.78, 5) is 103. The molecule has 7 aromatic carbocycles. The fourth-order valence-electron chi connectivity index (χ4n) is 11.1. The van der Waals surface area contributed by atoms with Crippen molar-refractivity contribution in [3.05, 3.63) is 96.2 Å². The Bertz CT molecular complexity index is 4850. The van der Waals surface area contributed by atoms with Gasteiger partial charge in [0.25, 0.3) is 0 Å². The van der Waals surface area contributed by atoms with E-state index in [0.717, 1.165) is 0 Å².